The topological polar surface area (TPSA) is 68.2 Å². The number of hydrogen-bond acceptors (Lipinski definition) is 6. The molecular formula is C18H32N4O3S. The molecule has 1 N–H and O–H groups in total. The van der Waals surface area contributed by atoms with Crippen molar-refractivity contribution in [3.63, 3.8) is 0 Å². The first-order valence-corrected chi connectivity index (χ1v) is 10.1. The first-order chi connectivity index (χ1) is 12.6. The van der Waals surface area contributed by atoms with Gasteiger partial charge in [-0.25, -0.2) is 4.98 Å². The molecule has 148 valence electrons. The summed E-state index contributed by atoms with van der Waals surface area (Å²) in [7, 11) is 5.52. The maximum absolute atomic E-state index is 5.73. The lowest BCUT2D eigenvalue weighted by molar-refractivity contribution is 0.0887. The third-order valence-corrected chi connectivity index (χ3v) is 5.42. The molecule has 0 saturated carbocycles. The van der Waals surface area contributed by atoms with Crippen LogP contribution in [0.25, 0.3) is 0 Å². The van der Waals surface area contributed by atoms with Crippen LogP contribution in [0.15, 0.2) is 10.4 Å². The number of nitrogens with zero attached hydrogens (tertiary/aromatic N) is 3. The van der Waals surface area contributed by atoms with Crippen LogP contribution in [0.1, 0.15) is 36.6 Å². The van der Waals surface area contributed by atoms with E-state index in [-0.39, 0.29) is 6.10 Å². The Hall–Kier alpha value is -1.22. The molecule has 1 aromatic heterocycles. The summed E-state index contributed by atoms with van der Waals surface area (Å²) < 4.78 is 16.4. The molecule has 1 aliphatic heterocycles. The molecule has 26 heavy (non-hydrogen) atoms. The van der Waals surface area contributed by atoms with Crippen LogP contribution in [0, 0.1) is 5.92 Å². The minimum absolute atomic E-state index is 0.0345. The normalized spacial score (nSPS) is 18.9. The maximum Gasteiger partial charge on any atom is 0.193 e. The van der Waals surface area contributed by atoms with Crippen LogP contribution in [0.5, 0.6) is 0 Å². The van der Waals surface area contributed by atoms with Crippen LogP contribution in [-0.4, -0.2) is 70.0 Å². The van der Waals surface area contributed by atoms with Gasteiger partial charge in [-0.3, -0.25) is 4.99 Å². The summed E-state index contributed by atoms with van der Waals surface area (Å²) in [6.45, 7) is 6.84. The second kappa shape index (κ2) is 11.5. The third kappa shape index (κ3) is 6.83. The molecular weight excluding hydrogens is 352 g/mol. The predicted molar refractivity (Wildman–Crippen MR) is 105 cm³/mol. The van der Waals surface area contributed by atoms with Gasteiger partial charge in [0.05, 0.1) is 25.5 Å². The van der Waals surface area contributed by atoms with Gasteiger partial charge in [0, 0.05) is 52.3 Å². The lowest BCUT2D eigenvalue weighted by Crippen LogP contribution is -2.39. The van der Waals surface area contributed by atoms with Crippen molar-refractivity contribution in [2.45, 2.75) is 32.4 Å². The lowest BCUT2D eigenvalue weighted by Gasteiger charge is -2.21. The molecule has 1 aromatic rings. The fourth-order valence-corrected chi connectivity index (χ4v) is 3.57. The minimum atomic E-state index is 0.0345. The highest BCUT2D eigenvalue weighted by Gasteiger charge is 2.15. The SMILES string of the molecule is CN=C(NCCCOCC1CCOC1)N(C)Cc1csc(C(C)OC)n1. The van der Waals surface area contributed by atoms with E-state index >= 15 is 0 Å². The van der Waals surface area contributed by atoms with Gasteiger partial charge in [0.25, 0.3) is 0 Å². The van der Waals surface area contributed by atoms with Crippen molar-refractivity contribution in [3.8, 4) is 0 Å². The Morgan fingerprint density at radius 1 is 1.58 bits per heavy atom. The number of rotatable bonds is 10. The lowest BCUT2D eigenvalue weighted by atomic mass is 10.1. The highest BCUT2D eigenvalue weighted by atomic mass is 32.1. The van der Waals surface area contributed by atoms with E-state index in [4.69, 9.17) is 14.2 Å². The van der Waals surface area contributed by atoms with Crippen molar-refractivity contribution in [2.24, 2.45) is 10.9 Å². The number of aromatic nitrogens is 1. The van der Waals surface area contributed by atoms with Crippen LogP contribution in [0.4, 0.5) is 0 Å². The van der Waals surface area contributed by atoms with Crippen LogP contribution in [-0.2, 0) is 20.8 Å². The predicted octanol–water partition coefficient (Wildman–Crippen LogP) is 2.30. The van der Waals surface area contributed by atoms with E-state index in [1.807, 2.05) is 14.0 Å². The molecule has 0 bridgehead atoms. The summed E-state index contributed by atoms with van der Waals surface area (Å²) >= 11 is 1.63. The highest BCUT2D eigenvalue weighted by molar-refractivity contribution is 7.09. The molecule has 1 fully saturated rings. The highest BCUT2D eigenvalue weighted by Crippen LogP contribution is 2.20. The Bertz CT molecular complexity index is 546. The zero-order chi connectivity index (χ0) is 18.8. The smallest absolute Gasteiger partial charge is 0.193 e. The van der Waals surface area contributed by atoms with Crippen LogP contribution in [0.3, 0.4) is 0 Å². The van der Waals surface area contributed by atoms with Gasteiger partial charge >= 0.3 is 0 Å². The second-order valence-corrected chi connectivity index (χ2v) is 7.43. The molecule has 1 saturated heterocycles. The quantitative estimate of drug-likeness (QED) is 0.379. The molecule has 0 amide bonds. The number of nitrogens with one attached hydrogen (secondary N) is 1. The Labute approximate surface area is 160 Å². The van der Waals surface area contributed by atoms with E-state index in [0.29, 0.717) is 12.5 Å². The summed E-state index contributed by atoms with van der Waals surface area (Å²) in [5, 5.41) is 6.46. The number of guanidine groups is 1. The monoisotopic (exact) mass is 384 g/mol. The summed E-state index contributed by atoms with van der Waals surface area (Å²) in [6, 6.07) is 0. The Morgan fingerprint density at radius 3 is 3.12 bits per heavy atom. The first-order valence-electron chi connectivity index (χ1n) is 9.18. The molecule has 1 aliphatic rings. The van der Waals surface area contributed by atoms with Gasteiger partial charge in [0.2, 0.25) is 0 Å². The number of thiazole rings is 1. The number of methoxy groups -OCH3 is 1. The largest absolute Gasteiger partial charge is 0.381 e. The Kier molecular flexibility index (Phi) is 9.31. The summed E-state index contributed by atoms with van der Waals surface area (Å²) in [5.41, 5.74) is 1.03. The summed E-state index contributed by atoms with van der Waals surface area (Å²) in [5.74, 6) is 1.44. The van der Waals surface area contributed by atoms with E-state index in [0.717, 1.165) is 62.5 Å². The Balaban J connectivity index is 1.64. The van der Waals surface area contributed by atoms with E-state index in [2.05, 4.69) is 25.6 Å². The van der Waals surface area contributed by atoms with Crippen LogP contribution >= 0.6 is 11.3 Å². The molecule has 2 rings (SSSR count). The van der Waals surface area contributed by atoms with Crippen molar-refractivity contribution in [1.82, 2.24) is 15.2 Å². The van der Waals surface area contributed by atoms with Gasteiger partial charge < -0.3 is 24.4 Å². The van der Waals surface area contributed by atoms with Crippen molar-refractivity contribution in [1.29, 1.82) is 0 Å². The van der Waals surface area contributed by atoms with Gasteiger partial charge in [-0.05, 0) is 19.8 Å². The fourth-order valence-electron chi connectivity index (χ4n) is 2.72. The van der Waals surface area contributed by atoms with Crippen LogP contribution in [0.2, 0.25) is 0 Å². The second-order valence-electron chi connectivity index (χ2n) is 6.54. The molecule has 0 aliphatic carbocycles. The van der Waals surface area contributed by atoms with Crippen molar-refractivity contribution in [3.05, 3.63) is 16.1 Å². The molecule has 2 atom stereocenters. The molecule has 2 heterocycles. The molecule has 0 spiro atoms. The van der Waals surface area contributed by atoms with Crippen molar-refractivity contribution < 1.29 is 14.2 Å². The fraction of sp³-hybridized carbons (Fsp3) is 0.778. The summed E-state index contributed by atoms with van der Waals surface area (Å²) in [4.78, 5) is 11.1. The standard InChI is InChI=1S/C18H32N4O3S/c1-14(23-4)17-21-16(13-26-17)10-22(3)18(19-2)20-7-5-8-24-11-15-6-9-25-12-15/h13-15H,5-12H2,1-4H3,(H,19,20). The van der Waals surface area contributed by atoms with E-state index < -0.39 is 0 Å². The number of hydrogen-bond donors (Lipinski definition) is 1. The van der Waals surface area contributed by atoms with E-state index in [9.17, 15) is 0 Å². The molecule has 7 nitrogen and oxygen atoms in total. The molecule has 2 unspecified atom stereocenters. The Morgan fingerprint density at radius 2 is 2.42 bits per heavy atom. The molecule has 0 aromatic carbocycles. The van der Waals surface area contributed by atoms with Crippen molar-refractivity contribution >= 4 is 17.3 Å². The molecule has 8 heteroatoms. The number of aliphatic imine (C=N–C) groups is 1. The number of ether oxygens (including phenoxy) is 3. The molecule has 0 radical (unpaired) electrons. The zero-order valence-electron chi connectivity index (χ0n) is 16.4. The van der Waals surface area contributed by atoms with Gasteiger partial charge in [-0.1, -0.05) is 0 Å². The van der Waals surface area contributed by atoms with E-state index in [1.165, 1.54) is 0 Å². The average molecular weight is 385 g/mol. The minimum Gasteiger partial charge on any atom is -0.381 e. The van der Waals surface area contributed by atoms with Gasteiger partial charge in [0.15, 0.2) is 5.96 Å². The maximum atomic E-state index is 5.73. The van der Waals surface area contributed by atoms with Gasteiger partial charge in [-0.15, -0.1) is 11.3 Å². The van der Waals surface area contributed by atoms with Gasteiger partial charge in [0.1, 0.15) is 11.1 Å². The average Bonchev–Trinajstić information content (AvgIpc) is 3.32. The van der Waals surface area contributed by atoms with Gasteiger partial charge in [-0.2, -0.15) is 0 Å². The third-order valence-electron chi connectivity index (χ3n) is 4.37. The van der Waals surface area contributed by atoms with E-state index in [1.54, 1.807) is 25.5 Å². The first kappa shape index (κ1) is 21.1. The van der Waals surface area contributed by atoms with Crippen molar-refractivity contribution in [2.75, 3.05) is 54.2 Å². The van der Waals surface area contributed by atoms with Crippen LogP contribution < -0.4 is 5.32 Å². The summed E-state index contributed by atoms with van der Waals surface area (Å²) in [6.07, 6.45) is 2.11. The zero-order valence-corrected chi connectivity index (χ0v) is 17.2.